The maximum Gasteiger partial charge on any atom is 0.224 e. The fraction of sp³-hybridized carbons (Fsp3) is 0.435. The average molecular weight is 423 g/mol. The quantitative estimate of drug-likeness (QED) is 0.655. The lowest BCUT2D eigenvalue weighted by Gasteiger charge is -2.39. The number of halogens is 1. The van der Waals surface area contributed by atoms with E-state index in [1.807, 2.05) is 19.2 Å². The molecule has 1 aromatic carbocycles. The molecular formula is C23H26FN5O2. The first kappa shape index (κ1) is 19.8. The van der Waals surface area contributed by atoms with Crippen molar-refractivity contribution >= 4 is 22.8 Å². The summed E-state index contributed by atoms with van der Waals surface area (Å²) in [6, 6.07) is 6.54. The second-order valence-corrected chi connectivity index (χ2v) is 8.69. The van der Waals surface area contributed by atoms with Crippen LogP contribution >= 0.6 is 0 Å². The van der Waals surface area contributed by atoms with E-state index in [4.69, 9.17) is 4.74 Å². The number of methoxy groups -OCH3 is 1. The number of aromatic amines is 1. The minimum absolute atomic E-state index is 0.0131. The number of nitrogens with one attached hydrogen (secondary N) is 2. The average Bonchev–Trinajstić information content (AvgIpc) is 3.34. The molecule has 2 atom stereocenters. The Balaban J connectivity index is 1.29. The molecular weight excluding hydrogens is 397 g/mol. The molecule has 0 bridgehead atoms. The summed E-state index contributed by atoms with van der Waals surface area (Å²) in [5.41, 5.74) is 1.54. The summed E-state index contributed by atoms with van der Waals surface area (Å²) in [6.07, 6.45) is 6.30. The Morgan fingerprint density at radius 3 is 2.94 bits per heavy atom. The van der Waals surface area contributed by atoms with Crippen LogP contribution in [0.4, 0.5) is 10.2 Å². The molecule has 7 nitrogen and oxygen atoms in total. The number of fused-ring (bicyclic) bond motifs is 1. The van der Waals surface area contributed by atoms with Crippen molar-refractivity contribution in [1.29, 1.82) is 0 Å². The van der Waals surface area contributed by atoms with Crippen molar-refractivity contribution in [3.05, 3.63) is 48.2 Å². The lowest BCUT2D eigenvalue weighted by Crippen LogP contribution is -2.48. The fourth-order valence-electron chi connectivity index (χ4n) is 4.88. The number of aromatic nitrogens is 3. The summed E-state index contributed by atoms with van der Waals surface area (Å²) in [5.74, 6) is 0.716. The molecule has 1 saturated carbocycles. The normalized spacial score (nSPS) is 20.6. The molecule has 8 heteroatoms. The molecule has 1 saturated heterocycles. The molecule has 2 N–H and O–H groups in total. The van der Waals surface area contributed by atoms with Crippen LogP contribution in [0.5, 0.6) is 5.75 Å². The van der Waals surface area contributed by atoms with Crippen LogP contribution in [-0.2, 0) is 4.79 Å². The number of hydrogen-bond donors (Lipinski definition) is 2. The summed E-state index contributed by atoms with van der Waals surface area (Å²) in [6.45, 7) is 3.47. The van der Waals surface area contributed by atoms with Gasteiger partial charge in [-0.2, -0.15) is 0 Å². The third-order valence-electron chi connectivity index (χ3n) is 6.81. The van der Waals surface area contributed by atoms with Crippen LogP contribution < -0.4 is 15.0 Å². The highest BCUT2D eigenvalue weighted by atomic mass is 19.1. The number of anilines is 1. The topological polar surface area (TPSA) is 83.1 Å². The molecule has 162 valence electrons. The molecule has 0 radical (unpaired) electrons. The van der Waals surface area contributed by atoms with Gasteiger partial charge in [0.1, 0.15) is 17.8 Å². The molecule has 2 aromatic heterocycles. The van der Waals surface area contributed by atoms with Gasteiger partial charge in [0.25, 0.3) is 0 Å². The van der Waals surface area contributed by atoms with Gasteiger partial charge in [-0.15, -0.1) is 0 Å². The third kappa shape index (κ3) is 3.49. The Bertz CT molecular complexity index is 1130. The number of H-pyrrole nitrogens is 1. The summed E-state index contributed by atoms with van der Waals surface area (Å²) < 4.78 is 19.1. The van der Waals surface area contributed by atoms with Gasteiger partial charge in [0.2, 0.25) is 5.91 Å². The molecule has 3 heterocycles. The number of piperidine rings is 1. The smallest absolute Gasteiger partial charge is 0.224 e. The molecule has 2 aliphatic rings. The summed E-state index contributed by atoms with van der Waals surface area (Å²) in [7, 11) is 1.44. The van der Waals surface area contributed by atoms with E-state index in [1.54, 1.807) is 18.5 Å². The van der Waals surface area contributed by atoms with Crippen molar-refractivity contribution in [3.8, 4) is 5.75 Å². The van der Waals surface area contributed by atoms with E-state index in [9.17, 15) is 9.18 Å². The number of benzene rings is 1. The Morgan fingerprint density at radius 2 is 2.19 bits per heavy atom. The van der Waals surface area contributed by atoms with Crippen LogP contribution in [0.25, 0.3) is 11.0 Å². The van der Waals surface area contributed by atoms with Gasteiger partial charge in [-0.25, -0.2) is 14.4 Å². The number of ether oxygens (including phenoxy) is 1. The molecule has 2 fully saturated rings. The Hall–Kier alpha value is -3.16. The van der Waals surface area contributed by atoms with E-state index >= 15 is 0 Å². The zero-order valence-electron chi connectivity index (χ0n) is 17.7. The van der Waals surface area contributed by atoms with Crippen molar-refractivity contribution in [1.82, 2.24) is 20.3 Å². The molecule has 3 aromatic rings. The second kappa shape index (κ2) is 7.51. The van der Waals surface area contributed by atoms with E-state index in [1.165, 1.54) is 13.2 Å². The van der Waals surface area contributed by atoms with Crippen LogP contribution in [0.1, 0.15) is 37.8 Å². The van der Waals surface area contributed by atoms with Gasteiger partial charge < -0.3 is 19.9 Å². The SMILES string of the molecule is COc1ccc([C@@H](C)NC(=O)C2CCN(c3ncnc4[nH]ccc34)CC23CC3)cc1F. The molecule has 1 aliphatic heterocycles. The van der Waals surface area contributed by atoms with Gasteiger partial charge in [0, 0.05) is 25.2 Å². The number of nitrogens with zero attached hydrogens (tertiary/aromatic N) is 3. The van der Waals surface area contributed by atoms with Crippen molar-refractivity contribution in [2.75, 3.05) is 25.1 Å². The minimum Gasteiger partial charge on any atom is -0.494 e. The van der Waals surface area contributed by atoms with Gasteiger partial charge >= 0.3 is 0 Å². The lowest BCUT2D eigenvalue weighted by atomic mass is 9.81. The highest BCUT2D eigenvalue weighted by Crippen LogP contribution is 2.56. The first-order valence-electron chi connectivity index (χ1n) is 10.7. The highest BCUT2D eigenvalue weighted by Gasteiger charge is 2.55. The van der Waals surface area contributed by atoms with Gasteiger partial charge in [0.05, 0.1) is 18.5 Å². The standard InChI is InChI=1S/C23H26FN5O2/c1-14(15-3-4-19(31-2)18(24)11-15)28-22(30)17-6-10-29(12-23(17)7-8-23)21-16-5-9-25-20(16)26-13-27-21/h3-5,9,11,13-14,17H,6-8,10,12H2,1-2H3,(H,28,30)(H,25,26,27)/t14-,17?/m1/s1. The monoisotopic (exact) mass is 423 g/mol. The van der Waals surface area contributed by atoms with Gasteiger partial charge in [-0.1, -0.05) is 6.07 Å². The zero-order valence-corrected chi connectivity index (χ0v) is 17.7. The lowest BCUT2D eigenvalue weighted by molar-refractivity contribution is -0.128. The summed E-state index contributed by atoms with van der Waals surface area (Å²) >= 11 is 0. The highest BCUT2D eigenvalue weighted by molar-refractivity contribution is 5.88. The van der Waals surface area contributed by atoms with Crippen LogP contribution in [-0.4, -0.2) is 41.1 Å². The minimum atomic E-state index is -0.422. The largest absolute Gasteiger partial charge is 0.494 e. The maximum atomic E-state index is 14.1. The van der Waals surface area contributed by atoms with Crippen LogP contribution in [0.15, 0.2) is 36.8 Å². The van der Waals surface area contributed by atoms with Gasteiger partial charge in [-0.3, -0.25) is 4.79 Å². The van der Waals surface area contributed by atoms with E-state index in [-0.39, 0.29) is 29.0 Å². The van der Waals surface area contributed by atoms with Crippen LogP contribution in [0.3, 0.4) is 0 Å². The van der Waals surface area contributed by atoms with E-state index in [0.717, 1.165) is 54.8 Å². The summed E-state index contributed by atoms with van der Waals surface area (Å²) in [5, 5.41) is 4.12. The molecule has 1 amide bonds. The number of hydrogen-bond acceptors (Lipinski definition) is 5. The molecule has 1 aliphatic carbocycles. The number of carbonyl (C=O) groups excluding carboxylic acids is 1. The van der Waals surface area contributed by atoms with Crippen molar-refractivity contribution in [2.24, 2.45) is 11.3 Å². The van der Waals surface area contributed by atoms with Crippen molar-refractivity contribution < 1.29 is 13.9 Å². The zero-order chi connectivity index (χ0) is 21.6. The maximum absolute atomic E-state index is 14.1. The Morgan fingerprint density at radius 1 is 1.35 bits per heavy atom. The first-order valence-corrected chi connectivity index (χ1v) is 10.7. The van der Waals surface area contributed by atoms with Crippen LogP contribution in [0.2, 0.25) is 0 Å². The Labute approximate surface area is 180 Å². The van der Waals surface area contributed by atoms with E-state index in [0.29, 0.717) is 0 Å². The Kier molecular flexibility index (Phi) is 4.79. The summed E-state index contributed by atoms with van der Waals surface area (Å²) in [4.78, 5) is 27.4. The molecule has 31 heavy (non-hydrogen) atoms. The number of carbonyl (C=O) groups is 1. The molecule has 1 unspecified atom stereocenters. The predicted octanol–water partition coefficient (Wildman–Crippen LogP) is 3.59. The van der Waals surface area contributed by atoms with Gasteiger partial charge in [0.15, 0.2) is 11.6 Å². The van der Waals surface area contributed by atoms with E-state index < -0.39 is 5.82 Å². The van der Waals surface area contributed by atoms with E-state index in [2.05, 4.69) is 25.2 Å². The van der Waals surface area contributed by atoms with Crippen molar-refractivity contribution in [2.45, 2.75) is 32.2 Å². The van der Waals surface area contributed by atoms with Crippen LogP contribution in [0, 0.1) is 17.2 Å². The molecule has 1 spiro atoms. The fourth-order valence-corrected chi connectivity index (χ4v) is 4.88. The molecule has 5 rings (SSSR count). The number of amides is 1. The van der Waals surface area contributed by atoms with Crippen molar-refractivity contribution in [3.63, 3.8) is 0 Å². The predicted molar refractivity (Wildman–Crippen MR) is 115 cm³/mol. The van der Waals surface area contributed by atoms with Gasteiger partial charge in [-0.05, 0) is 55.4 Å². The number of rotatable bonds is 5. The first-order chi connectivity index (χ1) is 15.0. The second-order valence-electron chi connectivity index (χ2n) is 8.69. The third-order valence-corrected chi connectivity index (χ3v) is 6.81.